The van der Waals surface area contributed by atoms with Gasteiger partial charge in [0.2, 0.25) is 0 Å². The Morgan fingerprint density at radius 2 is 1.86 bits per heavy atom. The van der Waals surface area contributed by atoms with Crippen LogP contribution in [0.25, 0.3) is 0 Å². The maximum atomic E-state index is 9.37. The van der Waals surface area contributed by atoms with Crippen molar-refractivity contribution in [2.75, 3.05) is 31.1 Å². The van der Waals surface area contributed by atoms with E-state index in [9.17, 15) is 5.26 Å². The smallest absolute Gasteiger partial charge is 0.101 e. The first kappa shape index (κ1) is 14.4. The Kier molecular flexibility index (Phi) is 4.42. The van der Waals surface area contributed by atoms with E-state index in [1.54, 1.807) is 0 Å². The summed E-state index contributed by atoms with van der Waals surface area (Å²) in [6.07, 6.45) is 5.53. The molecule has 0 amide bonds. The van der Waals surface area contributed by atoms with Gasteiger partial charge in [-0.3, -0.25) is 4.90 Å². The highest BCUT2D eigenvalue weighted by atomic mass is 15.3. The average molecular weight is 284 g/mol. The Balaban J connectivity index is 1.67. The van der Waals surface area contributed by atoms with E-state index in [1.165, 1.54) is 25.7 Å². The van der Waals surface area contributed by atoms with E-state index in [4.69, 9.17) is 5.73 Å². The second kappa shape index (κ2) is 6.46. The van der Waals surface area contributed by atoms with Crippen LogP contribution >= 0.6 is 0 Å². The normalized spacial score (nSPS) is 20.7. The summed E-state index contributed by atoms with van der Waals surface area (Å²) in [5.74, 6) is 0. The minimum absolute atomic E-state index is 0.490. The molecule has 3 rings (SSSR count). The number of rotatable bonds is 3. The SMILES string of the molecule is N#Cc1cc(CN)ccc1N1CCN(C2CCCC2)CC1. The fourth-order valence-corrected chi connectivity index (χ4v) is 3.67. The van der Waals surface area contributed by atoms with Crippen LogP contribution < -0.4 is 10.6 Å². The van der Waals surface area contributed by atoms with Crippen molar-refractivity contribution < 1.29 is 0 Å². The van der Waals surface area contributed by atoms with E-state index in [0.29, 0.717) is 6.54 Å². The Hall–Kier alpha value is -1.57. The van der Waals surface area contributed by atoms with Gasteiger partial charge in [-0.2, -0.15) is 5.26 Å². The van der Waals surface area contributed by atoms with Gasteiger partial charge in [0.15, 0.2) is 0 Å². The number of hydrogen-bond donors (Lipinski definition) is 1. The van der Waals surface area contributed by atoms with Gasteiger partial charge in [-0.25, -0.2) is 0 Å². The van der Waals surface area contributed by atoms with E-state index in [2.05, 4.69) is 21.9 Å². The van der Waals surface area contributed by atoms with Crippen molar-refractivity contribution in [1.29, 1.82) is 5.26 Å². The largest absolute Gasteiger partial charge is 0.368 e. The Bertz CT molecular complexity index is 520. The van der Waals surface area contributed by atoms with Gasteiger partial charge in [0, 0.05) is 38.8 Å². The summed E-state index contributed by atoms with van der Waals surface area (Å²) in [6, 6.07) is 9.16. The lowest BCUT2D eigenvalue weighted by Gasteiger charge is -2.39. The van der Waals surface area contributed by atoms with E-state index < -0.39 is 0 Å². The molecule has 1 aliphatic heterocycles. The highest BCUT2D eigenvalue weighted by Gasteiger charge is 2.26. The molecule has 1 aliphatic carbocycles. The number of benzene rings is 1. The molecule has 1 aromatic carbocycles. The lowest BCUT2D eigenvalue weighted by Crippen LogP contribution is -2.49. The summed E-state index contributed by atoms with van der Waals surface area (Å²) in [6.45, 7) is 4.77. The second-order valence-electron chi connectivity index (χ2n) is 6.13. The minimum Gasteiger partial charge on any atom is -0.368 e. The van der Waals surface area contributed by atoms with Crippen LogP contribution in [-0.4, -0.2) is 37.1 Å². The van der Waals surface area contributed by atoms with E-state index in [1.807, 2.05) is 12.1 Å². The molecule has 0 radical (unpaired) electrons. The van der Waals surface area contributed by atoms with Gasteiger partial charge in [-0.05, 0) is 30.5 Å². The average Bonchev–Trinajstić information content (AvgIpc) is 3.09. The third kappa shape index (κ3) is 3.04. The number of piperazine rings is 1. The van der Waals surface area contributed by atoms with E-state index in [-0.39, 0.29) is 0 Å². The molecule has 2 N–H and O–H groups in total. The van der Waals surface area contributed by atoms with Crippen LogP contribution in [0, 0.1) is 11.3 Å². The third-order valence-corrected chi connectivity index (χ3v) is 4.91. The molecule has 0 spiro atoms. The summed E-state index contributed by atoms with van der Waals surface area (Å²) in [5.41, 5.74) is 8.51. The predicted molar refractivity (Wildman–Crippen MR) is 85.1 cm³/mol. The molecule has 1 saturated carbocycles. The molecule has 21 heavy (non-hydrogen) atoms. The maximum Gasteiger partial charge on any atom is 0.101 e. The first-order chi connectivity index (χ1) is 10.3. The molecule has 0 aromatic heterocycles. The molecule has 1 saturated heterocycles. The van der Waals surface area contributed by atoms with Gasteiger partial charge in [0.1, 0.15) is 6.07 Å². The second-order valence-corrected chi connectivity index (χ2v) is 6.13. The first-order valence-electron chi connectivity index (χ1n) is 8.04. The van der Waals surface area contributed by atoms with Crippen molar-refractivity contribution in [3.05, 3.63) is 29.3 Å². The van der Waals surface area contributed by atoms with Crippen LogP contribution in [0.15, 0.2) is 18.2 Å². The van der Waals surface area contributed by atoms with Crippen molar-refractivity contribution in [2.24, 2.45) is 5.73 Å². The Labute approximate surface area is 127 Å². The molecule has 1 aromatic rings. The van der Waals surface area contributed by atoms with E-state index >= 15 is 0 Å². The van der Waals surface area contributed by atoms with Crippen LogP contribution in [0.4, 0.5) is 5.69 Å². The molecule has 0 unspecified atom stereocenters. The van der Waals surface area contributed by atoms with Crippen molar-refractivity contribution in [2.45, 2.75) is 38.3 Å². The summed E-state index contributed by atoms with van der Waals surface area (Å²) >= 11 is 0. The number of hydrogen-bond acceptors (Lipinski definition) is 4. The van der Waals surface area contributed by atoms with Crippen molar-refractivity contribution in [1.82, 2.24) is 4.90 Å². The number of nitrogens with two attached hydrogens (primary N) is 1. The van der Waals surface area contributed by atoms with Crippen molar-refractivity contribution in [3.63, 3.8) is 0 Å². The maximum absolute atomic E-state index is 9.37. The first-order valence-corrected chi connectivity index (χ1v) is 8.04. The zero-order valence-corrected chi connectivity index (χ0v) is 12.6. The molecule has 112 valence electrons. The van der Waals surface area contributed by atoms with Crippen LogP contribution in [-0.2, 0) is 6.54 Å². The lowest BCUT2D eigenvalue weighted by atomic mass is 10.1. The van der Waals surface area contributed by atoms with Crippen LogP contribution in [0.1, 0.15) is 36.8 Å². The van der Waals surface area contributed by atoms with Gasteiger partial charge < -0.3 is 10.6 Å². The van der Waals surface area contributed by atoms with Gasteiger partial charge in [0.25, 0.3) is 0 Å². The summed E-state index contributed by atoms with van der Waals surface area (Å²) in [4.78, 5) is 4.99. The van der Waals surface area contributed by atoms with Gasteiger partial charge in [-0.1, -0.05) is 18.9 Å². The molecule has 0 bridgehead atoms. The highest BCUT2D eigenvalue weighted by molar-refractivity contribution is 5.60. The highest BCUT2D eigenvalue weighted by Crippen LogP contribution is 2.27. The summed E-state index contributed by atoms with van der Waals surface area (Å²) < 4.78 is 0. The van der Waals surface area contributed by atoms with Crippen LogP contribution in [0.2, 0.25) is 0 Å². The van der Waals surface area contributed by atoms with Gasteiger partial charge in [-0.15, -0.1) is 0 Å². The quantitative estimate of drug-likeness (QED) is 0.923. The Morgan fingerprint density at radius 3 is 2.48 bits per heavy atom. The zero-order valence-electron chi connectivity index (χ0n) is 12.6. The van der Waals surface area contributed by atoms with Gasteiger partial charge in [0.05, 0.1) is 11.3 Å². The fraction of sp³-hybridized carbons (Fsp3) is 0.588. The van der Waals surface area contributed by atoms with Crippen molar-refractivity contribution >= 4 is 5.69 Å². The van der Waals surface area contributed by atoms with E-state index in [0.717, 1.165) is 49.0 Å². The molecule has 0 atom stereocenters. The molecule has 2 fully saturated rings. The number of nitrogens with zero attached hydrogens (tertiary/aromatic N) is 3. The van der Waals surface area contributed by atoms with Crippen molar-refractivity contribution in [3.8, 4) is 6.07 Å². The number of nitriles is 1. The molecule has 4 nitrogen and oxygen atoms in total. The third-order valence-electron chi connectivity index (χ3n) is 4.91. The molecule has 4 heteroatoms. The molecular weight excluding hydrogens is 260 g/mol. The molecule has 2 aliphatic rings. The summed E-state index contributed by atoms with van der Waals surface area (Å²) in [7, 11) is 0. The molecule has 1 heterocycles. The topological polar surface area (TPSA) is 56.3 Å². The van der Waals surface area contributed by atoms with Crippen LogP contribution in [0.3, 0.4) is 0 Å². The number of anilines is 1. The van der Waals surface area contributed by atoms with Crippen LogP contribution in [0.5, 0.6) is 0 Å². The van der Waals surface area contributed by atoms with Gasteiger partial charge >= 0.3 is 0 Å². The lowest BCUT2D eigenvalue weighted by molar-refractivity contribution is 0.187. The monoisotopic (exact) mass is 284 g/mol. The fourth-order valence-electron chi connectivity index (χ4n) is 3.67. The standard InChI is InChI=1S/C17H24N4/c18-12-14-5-6-17(15(11-14)13-19)21-9-7-20(8-10-21)16-3-1-2-4-16/h5-6,11,16H,1-4,7-10,12,18H2. The molecular formula is C17H24N4. The Morgan fingerprint density at radius 1 is 1.14 bits per heavy atom. The summed E-state index contributed by atoms with van der Waals surface area (Å²) in [5, 5.41) is 9.37. The predicted octanol–water partition coefficient (Wildman–Crippen LogP) is 2.08. The zero-order chi connectivity index (χ0) is 14.7. The minimum atomic E-state index is 0.490.